The van der Waals surface area contributed by atoms with Gasteiger partial charge in [0.1, 0.15) is 5.82 Å². The van der Waals surface area contributed by atoms with Crippen LogP contribution in [0.1, 0.15) is 25.3 Å². The van der Waals surface area contributed by atoms with Crippen molar-refractivity contribution in [1.82, 2.24) is 10.3 Å². The summed E-state index contributed by atoms with van der Waals surface area (Å²) in [6.07, 6.45) is 4.30. The van der Waals surface area contributed by atoms with Crippen LogP contribution in [0.3, 0.4) is 0 Å². The summed E-state index contributed by atoms with van der Waals surface area (Å²) in [5, 5.41) is 2.77. The zero-order valence-electron chi connectivity index (χ0n) is 10.7. The molecule has 3 N–H and O–H groups in total. The maximum atomic E-state index is 11.3. The van der Waals surface area contributed by atoms with E-state index in [1.54, 1.807) is 6.92 Å². The molecule has 1 atom stereocenters. The van der Waals surface area contributed by atoms with Crippen molar-refractivity contribution in [1.29, 1.82) is 0 Å². The summed E-state index contributed by atoms with van der Waals surface area (Å²) in [5.41, 5.74) is 6.47. The van der Waals surface area contributed by atoms with E-state index in [2.05, 4.69) is 15.2 Å². The maximum Gasteiger partial charge on any atom is 0.236 e. The number of aromatic nitrogens is 1. The van der Waals surface area contributed by atoms with Crippen LogP contribution in [0, 0.1) is 0 Å². The average Bonchev–Trinajstić information content (AvgIpc) is 2.90. The van der Waals surface area contributed by atoms with E-state index < -0.39 is 6.04 Å². The van der Waals surface area contributed by atoms with E-state index in [1.165, 1.54) is 12.8 Å². The van der Waals surface area contributed by atoms with Gasteiger partial charge < -0.3 is 16.0 Å². The lowest BCUT2D eigenvalue weighted by Crippen LogP contribution is -2.37. The second-order valence-corrected chi connectivity index (χ2v) is 4.73. The fraction of sp³-hybridized carbons (Fsp3) is 0.538. The Labute approximate surface area is 107 Å². The van der Waals surface area contributed by atoms with Crippen molar-refractivity contribution in [3.05, 3.63) is 23.9 Å². The molecule has 0 spiro atoms. The average molecular weight is 248 g/mol. The first-order chi connectivity index (χ1) is 8.66. The van der Waals surface area contributed by atoms with E-state index in [0.717, 1.165) is 24.5 Å². The Bertz CT molecular complexity index is 396. The van der Waals surface area contributed by atoms with Crippen LogP contribution in [0.25, 0.3) is 0 Å². The molecule has 0 radical (unpaired) electrons. The van der Waals surface area contributed by atoms with Crippen LogP contribution < -0.4 is 16.0 Å². The molecule has 5 nitrogen and oxygen atoms in total. The minimum atomic E-state index is -0.471. The SMILES string of the molecule is C[C@H](N)C(=O)NCc1ccc(N2CCCC2)nc1. The molecule has 1 aromatic rings. The normalized spacial score (nSPS) is 16.7. The van der Waals surface area contributed by atoms with Crippen LogP contribution in [0.2, 0.25) is 0 Å². The number of nitrogens with two attached hydrogens (primary N) is 1. The number of hydrogen-bond acceptors (Lipinski definition) is 4. The van der Waals surface area contributed by atoms with Gasteiger partial charge in [0.25, 0.3) is 0 Å². The molecule has 0 saturated carbocycles. The molecule has 0 bridgehead atoms. The highest BCUT2D eigenvalue weighted by atomic mass is 16.2. The molecule has 98 valence electrons. The number of amides is 1. The Morgan fingerprint density at radius 3 is 2.78 bits per heavy atom. The second-order valence-electron chi connectivity index (χ2n) is 4.73. The smallest absolute Gasteiger partial charge is 0.236 e. The van der Waals surface area contributed by atoms with Crippen LogP contribution in [0.15, 0.2) is 18.3 Å². The fourth-order valence-corrected chi connectivity index (χ4v) is 2.00. The topological polar surface area (TPSA) is 71.2 Å². The molecule has 5 heteroatoms. The van der Waals surface area contributed by atoms with Gasteiger partial charge in [-0.15, -0.1) is 0 Å². The summed E-state index contributed by atoms with van der Waals surface area (Å²) in [7, 11) is 0. The third-order valence-corrected chi connectivity index (χ3v) is 3.12. The number of rotatable bonds is 4. The lowest BCUT2D eigenvalue weighted by atomic mass is 10.2. The van der Waals surface area contributed by atoms with Crippen molar-refractivity contribution in [2.45, 2.75) is 32.4 Å². The van der Waals surface area contributed by atoms with Crippen LogP contribution in [-0.2, 0) is 11.3 Å². The molecule has 1 aliphatic heterocycles. The van der Waals surface area contributed by atoms with Gasteiger partial charge in [-0.2, -0.15) is 0 Å². The zero-order valence-corrected chi connectivity index (χ0v) is 10.7. The Hall–Kier alpha value is -1.62. The van der Waals surface area contributed by atoms with Gasteiger partial charge in [0.05, 0.1) is 6.04 Å². The van der Waals surface area contributed by atoms with E-state index in [9.17, 15) is 4.79 Å². The molecule has 1 amide bonds. The highest BCUT2D eigenvalue weighted by Crippen LogP contribution is 2.17. The minimum Gasteiger partial charge on any atom is -0.357 e. The molecule has 2 heterocycles. The molecular formula is C13H20N4O. The molecule has 18 heavy (non-hydrogen) atoms. The van der Waals surface area contributed by atoms with Crippen molar-refractivity contribution < 1.29 is 4.79 Å². The van der Waals surface area contributed by atoms with Gasteiger partial charge >= 0.3 is 0 Å². The van der Waals surface area contributed by atoms with E-state index in [4.69, 9.17) is 5.73 Å². The van der Waals surface area contributed by atoms with Crippen molar-refractivity contribution >= 4 is 11.7 Å². The fourth-order valence-electron chi connectivity index (χ4n) is 2.00. The molecule has 1 saturated heterocycles. The third-order valence-electron chi connectivity index (χ3n) is 3.12. The van der Waals surface area contributed by atoms with Crippen LogP contribution >= 0.6 is 0 Å². The molecule has 0 aromatic carbocycles. The number of hydrogen-bond donors (Lipinski definition) is 2. The Kier molecular flexibility index (Phi) is 4.15. The number of anilines is 1. The van der Waals surface area contributed by atoms with Crippen LogP contribution in [0.5, 0.6) is 0 Å². The predicted molar refractivity (Wildman–Crippen MR) is 71.2 cm³/mol. The zero-order chi connectivity index (χ0) is 13.0. The first-order valence-corrected chi connectivity index (χ1v) is 6.40. The predicted octanol–water partition coefficient (Wildman–Crippen LogP) is 0.645. The summed E-state index contributed by atoms with van der Waals surface area (Å²) in [6, 6.07) is 3.54. The molecule has 1 aromatic heterocycles. The van der Waals surface area contributed by atoms with Crippen molar-refractivity contribution in [3.8, 4) is 0 Å². The summed E-state index contributed by atoms with van der Waals surface area (Å²) in [6.45, 7) is 4.33. The highest BCUT2D eigenvalue weighted by molar-refractivity contribution is 5.80. The minimum absolute atomic E-state index is 0.140. The van der Waals surface area contributed by atoms with Gasteiger partial charge in [0.15, 0.2) is 0 Å². The Morgan fingerprint density at radius 1 is 1.50 bits per heavy atom. The molecule has 2 rings (SSSR count). The summed E-state index contributed by atoms with van der Waals surface area (Å²) < 4.78 is 0. The largest absolute Gasteiger partial charge is 0.357 e. The van der Waals surface area contributed by atoms with Gasteiger partial charge in [-0.25, -0.2) is 4.98 Å². The van der Waals surface area contributed by atoms with Gasteiger partial charge in [0, 0.05) is 25.8 Å². The molecule has 0 unspecified atom stereocenters. The standard InChI is InChI=1S/C13H20N4O/c1-10(14)13(18)16-9-11-4-5-12(15-8-11)17-6-2-3-7-17/h4-5,8,10H,2-3,6-7,9,14H2,1H3,(H,16,18)/t10-/m0/s1. The highest BCUT2D eigenvalue weighted by Gasteiger charge is 2.13. The summed E-state index contributed by atoms with van der Waals surface area (Å²) in [5.74, 6) is 0.883. The van der Waals surface area contributed by atoms with Gasteiger partial charge in [0.2, 0.25) is 5.91 Å². The molecule has 1 aliphatic rings. The first kappa shape index (κ1) is 12.8. The monoisotopic (exact) mass is 248 g/mol. The molecule has 1 fully saturated rings. The molecular weight excluding hydrogens is 228 g/mol. The molecule has 0 aliphatic carbocycles. The lowest BCUT2D eigenvalue weighted by Gasteiger charge is -2.16. The van der Waals surface area contributed by atoms with Crippen molar-refractivity contribution in [2.24, 2.45) is 5.73 Å². The van der Waals surface area contributed by atoms with Gasteiger partial charge in [-0.3, -0.25) is 4.79 Å². The third kappa shape index (κ3) is 3.20. The summed E-state index contributed by atoms with van der Waals surface area (Å²) >= 11 is 0. The van der Waals surface area contributed by atoms with E-state index in [1.807, 2.05) is 18.3 Å². The first-order valence-electron chi connectivity index (χ1n) is 6.40. The Balaban J connectivity index is 1.89. The van der Waals surface area contributed by atoms with Crippen molar-refractivity contribution in [2.75, 3.05) is 18.0 Å². The Morgan fingerprint density at radius 2 is 2.22 bits per heavy atom. The summed E-state index contributed by atoms with van der Waals surface area (Å²) in [4.78, 5) is 18.0. The number of carbonyl (C=O) groups excluding carboxylic acids is 1. The van der Waals surface area contributed by atoms with E-state index >= 15 is 0 Å². The van der Waals surface area contributed by atoms with E-state index in [-0.39, 0.29) is 5.91 Å². The second kappa shape index (κ2) is 5.82. The number of nitrogens with zero attached hydrogens (tertiary/aromatic N) is 2. The quantitative estimate of drug-likeness (QED) is 0.820. The maximum absolute atomic E-state index is 11.3. The van der Waals surface area contributed by atoms with Crippen LogP contribution in [-0.4, -0.2) is 30.0 Å². The number of carbonyl (C=O) groups is 1. The van der Waals surface area contributed by atoms with E-state index in [0.29, 0.717) is 6.54 Å². The lowest BCUT2D eigenvalue weighted by molar-refractivity contribution is -0.122. The van der Waals surface area contributed by atoms with Gasteiger partial charge in [-0.05, 0) is 31.4 Å². The number of nitrogens with one attached hydrogen (secondary N) is 1. The van der Waals surface area contributed by atoms with Gasteiger partial charge in [-0.1, -0.05) is 6.07 Å². The van der Waals surface area contributed by atoms with Crippen molar-refractivity contribution in [3.63, 3.8) is 0 Å². The number of pyridine rings is 1. The van der Waals surface area contributed by atoms with Crippen LogP contribution in [0.4, 0.5) is 5.82 Å².